The molecule has 0 N–H and O–H groups in total. The molecule has 4 heteroatoms. The van der Waals surface area contributed by atoms with Crippen LogP contribution in [0.25, 0.3) is 0 Å². The quantitative estimate of drug-likeness (QED) is 0.345. The lowest BCUT2D eigenvalue weighted by molar-refractivity contribution is -0.135. The molecular weight excluding hydrogens is 263 g/mol. The third-order valence-corrected chi connectivity index (χ3v) is 2.71. The monoisotopic (exact) mass is 283 g/mol. The fourth-order valence-electron chi connectivity index (χ4n) is 1.85. The summed E-state index contributed by atoms with van der Waals surface area (Å²) in [6, 6.07) is 0. The van der Waals surface area contributed by atoms with Crippen molar-refractivity contribution in [2.45, 2.75) is 45.7 Å². The molecule has 0 amide bonds. The van der Waals surface area contributed by atoms with Gasteiger partial charge in [-0.15, -0.1) is 6.42 Å². The van der Waals surface area contributed by atoms with Crippen molar-refractivity contribution in [2.75, 3.05) is 0 Å². The van der Waals surface area contributed by atoms with Crippen molar-refractivity contribution in [3.05, 3.63) is 35.6 Å². The highest BCUT2D eigenvalue weighted by Crippen LogP contribution is 2.27. The summed E-state index contributed by atoms with van der Waals surface area (Å²) in [5, 5.41) is 0. The molecule has 0 aliphatic heterocycles. The van der Waals surface area contributed by atoms with Gasteiger partial charge in [-0.3, -0.25) is 4.99 Å². The van der Waals surface area contributed by atoms with E-state index in [1.165, 1.54) is 6.21 Å². The number of aliphatic imine (C=N–C) groups is 1. The third-order valence-electron chi connectivity index (χ3n) is 2.71. The summed E-state index contributed by atoms with van der Waals surface area (Å²) in [4.78, 5) is 4.11. The van der Waals surface area contributed by atoms with Crippen LogP contribution in [0.1, 0.15) is 39.5 Å². The lowest BCUT2D eigenvalue weighted by Crippen LogP contribution is -2.06. The second-order valence-electron chi connectivity index (χ2n) is 4.26. The Hall–Kier alpha value is -1.76. The van der Waals surface area contributed by atoms with Crippen LogP contribution in [0.4, 0.5) is 13.2 Å². The SMILES string of the molecule is C#CC=N/C(CCCC(F)(F)F)=C(CC)/C(C)=C\C=C. The van der Waals surface area contributed by atoms with Gasteiger partial charge in [-0.2, -0.15) is 13.2 Å². The summed E-state index contributed by atoms with van der Waals surface area (Å²) in [5.41, 5.74) is 2.47. The first-order valence-corrected chi connectivity index (χ1v) is 6.42. The summed E-state index contributed by atoms with van der Waals surface area (Å²) < 4.78 is 36.6. The van der Waals surface area contributed by atoms with Crippen molar-refractivity contribution in [1.29, 1.82) is 0 Å². The molecule has 0 unspecified atom stereocenters. The molecule has 0 aromatic carbocycles. The average molecular weight is 283 g/mol. The van der Waals surface area contributed by atoms with Crippen LogP contribution < -0.4 is 0 Å². The van der Waals surface area contributed by atoms with Gasteiger partial charge >= 0.3 is 6.18 Å². The zero-order valence-corrected chi connectivity index (χ0v) is 11.9. The molecule has 0 saturated carbocycles. The van der Waals surface area contributed by atoms with Crippen molar-refractivity contribution < 1.29 is 13.2 Å². The Labute approximate surface area is 119 Å². The molecule has 0 atom stereocenters. The second-order valence-corrected chi connectivity index (χ2v) is 4.26. The van der Waals surface area contributed by atoms with E-state index in [9.17, 15) is 13.2 Å². The first-order chi connectivity index (χ1) is 9.35. The van der Waals surface area contributed by atoms with E-state index >= 15 is 0 Å². The third kappa shape index (κ3) is 7.63. The zero-order chi connectivity index (χ0) is 15.6. The van der Waals surface area contributed by atoms with Gasteiger partial charge in [0, 0.05) is 12.1 Å². The first-order valence-electron chi connectivity index (χ1n) is 6.42. The largest absolute Gasteiger partial charge is 0.389 e. The van der Waals surface area contributed by atoms with E-state index < -0.39 is 12.6 Å². The Morgan fingerprint density at radius 3 is 2.50 bits per heavy atom. The molecule has 0 aromatic heterocycles. The highest BCUT2D eigenvalue weighted by Gasteiger charge is 2.26. The van der Waals surface area contributed by atoms with Gasteiger partial charge in [-0.05, 0) is 37.3 Å². The van der Waals surface area contributed by atoms with Gasteiger partial charge < -0.3 is 0 Å². The van der Waals surface area contributed by atoms with Crippen LogP contribution in [0.15, 0.2) is 40.6 Å². The Kier molecular flexibility index (Phi) is 8.38. The van der Waals surface area contributed by atoms with Crippen molar-refractivity contribution in [3.8, 4) is 12.3 Å². The number of terminal acetylenes is 1. The van der Waals surface area contributed by atoms with E-state index in [1.807, 2.05) is 19.9 Å². The van der Waals surface area contributed by atoms with E-state index in [2.05, 4.69) is 17.5 Å². The maximum absolute atomic E-state index is 12.2. The number of rotatable bonds is 7. The number of hydrogen-bond donors (Lipinski definition) is 0. The van der Waals surface area contributed by atoms with Gasteiger partial charge in [0.1, 0.15) is 0 Å². The predicted molar refractivity (Wildman–Crippen MR) is 78.5 cm³/mol. The molecule has 0 aromatic rings. The fraction of sp³-hybridized carbons (Fsp3) is 0.438. The summed E-state index contributed by atoms with van der Waals surface area (Å²) >= 11 is 0. The second kappa shape index (κ2) is 9.19. The minimum atomic E-state index is -4.14. The Bertz CT molecular complexity index is 445. The van der Waals surface area contributed by atoms with Crippen LogP contribution in [-0.2, 0) is 0 Å². The minimum absolute atomic E-state index is 0.00557. The van der Waals surface area contributed by atoms with E-state index in [0.29, 0.717) is 12.1 Å². The molecule has 0 heterocycles. The molecule has 0 aliphatic carbocycles. The van der Waals surface area contributed by atoms with Crippen LogP contribution in [0.5, 0.6) is 0 Å². The molecule has 0 saturated heterocycles. The van der Waals surface area contributed by atoms with Gasteiger partial charge in [0.05, 0.1) is 6.21 Å². The van der Waals surface area contributed by atoms with Crippen LogP contribution in [0.3, 0.4) is 0 Å². The Morgan fingerprint density at radius 1 is 1.40 bits per heavy atom. The van der Waals surface area contributed by atoms with E-state index in [-0.39, 0.29) is 12.8 Å². The topological polar surface area (TPSA) is 12.4 Å². The Balaban J connectivity index is 5.20. The first kappa shape index (κ1) is 18.2. The molecule has 0 rings (SSSR count). The minimum Gasteiger partial charge on any atom is -0.252 e. The van der Waals surface area contributed by atoms with Crippen molar-refractivity contribution >= 4 is 6.21 Å². The number of allylic oxidation sites excluding steroid dienone is 5. The molecule has 0 bridgehead atoms. The molecular formula is C16H20F3N. The number of alkyl halides is 3. The maximum Gasteiger partial charge on any atom is 0.389 e. The van der Waals surface area contributed by atoms with Gasteiger partial charge in [-0.25, -0.2) is 0 Å². The van der Waals surface area contributed by atoms with Gasteiger partial charge in [0.15, 0.2) is 0 Å². The van der Waals surface area contributed by atoms with Crippen LogP contribution in [0, 0.1) is 12.3 Å². The van der Waals surface area contributed by atoms with Gasteiger partial charge in [0.25, 0.3) is 0 Å². The van der Waals surface area contributed by atoms with E-state index in [0.717, 1.165) is 11.1 Å². The highest BCUT2D eigenvalue weighted by molar-refractivity contribution is 5.78. The normalized spacial score (nSPS) is 14.1. The smallest absolute Gasteiger partial charge is 0.252 e. The summed E-state index contributed by atoms with van der Waals surface area (Å²) in [6.45, 7) is 7.43. The number of hydrogen-bond acceptors (Lipinski definition) is 1. The fourth-order valence-corrected chi connectivity index (χ4v) is 1.85. The average Bonchev–Trinajstić information content (AvgIpc) is 2.35. The molecule has 110 valence electrons. The lowest BCUT2D eigenvalue weighted by Gasteiger charge is -2.12. The summed E-state index contributed by atoms with van der Waals surface area (Å²) in [6.07, 6.45) is 5.83. The van der Waals surface area contributed by atoms with Crippen LogP contribution in [-0.4, -0.2) is 12.4 Å². The highest BCUT2D eigenvalue weighted by atomic mass is 19.4. The molecule has 0 fully saturated rings. The number of halogens is 3. The standard InChI is InChI=1S/C16H20F3N/c1-5-9-13(4)14(7-3)15(20-12-6-2)10-8-11-16(17,18)19/h2,5,9,12H,1,7-8,10-11H2,3-4H3/b13-9-,15-14+,20-12?. The summed E-state index contributed by atoms with van der Waals surface area (Å²) in [5.74, 6) is 2.27. The number of nitrogens with zero attached hydrogens (tertiary/aromatic N) is 1. The van der Waals surface area contributed by atoms with Crippen LogP contribution >= 0.6 is 0 Å². The Morgan fingerprint density at radius 2 is 2.05 bits per heavy atom. The van der Waals surface area contributed by atoms with E-state index in [1.54, 1.807) is 6.08 Å². The lowest BCUT2D eigenvalue weighted by atomic mass is 9.99. The maximum atomic E-state index is 12.2. The van der Waals surface area contributed by atoms with Crippen molar-refractivity contribution in [3.63, 3.8) is 0 Å². The van der Waals surface area contributed by atoms with Crippen molar-refractivity contribution in [2.24, 2.45) is 4.99 Å². The molecule has 1 nitrogen and oxygen atoms in total. The summed E-state index contributed by atoms with van der Waals surface area (Å²) in [7, 11) is 0. The van der Waals surface area contributed by atoms with Crippen LogP contribution in [0.2, 0.25) is 0 Å². The molecule has 20 heavy (non-hydrogen) atoms. The van der Waals surface area contributed by atoms with Crippen molar-refractivity contribution in [1.82, 2.24) is 0 Å². The molecule has 0 radical (unpaired) electrons. The van der Waals surface area contributed by atoms with Gasteiger partial charge in [0.2, 0.25) is 0 Å². The zero-order valence-electron chi connectivity index (χ0n) is 11.9. The predicted octanol–water partition coefficient (Wildman–Crippen LogP) is 5.22. The molecule has 0 spiro atoms. The molecule has 0 aliphatic rings. The van der Waals surface area contributed by atoms with Gasteiger partial charge in [-0.1, -0.05) is 31.6 Å². The van der Waals surface area contributed by atoms with E-state index in [4.69, 9.17) is 6.42 Å².